The number of hydrogen-bond acceptors (Lipinski definition) is 4. The molecule has 2 rings (SSSR count). The second-order valence-corrected chi connectivity index (χ2v) is 6.80. The van der Waals surface area contributed by atoms with Gasteiger partial charge in [-0.05, 0) is 25.5 Å². The molecule has 0 aliphatic heterocycles. The number of hydrogen-bond donors (Lipinski definition) is 2. The summed E-state index contributed by atoms with van der Waals surface area (Å²) < 4.78 is 28.6. The second kappa shape index (κ2) is 6.05. The molecule has 0 bridgehead atoms. The third-order valence-electron chi connectivity index (χ3n) is 2.94. The lowest BCUT2D eigenvalue weighted by Gasteiger charge is -2.10. The van der Waals surface area contributed by atoms with Crippen molar-refractivity contribution < 1.29 is 13.5 Å². The van der Waals surface area contributed by atoms with Gasteiger partial charge in [-0.25, -0.2) is 4.98 Å². The van der Waals surface area contributed by atoms with Crippen LogP contribution in [0.25, 0.3) is 0 Å². The number of halogens is 1. The van der Waals surface area contributed by atoms with Gasteiger partial charge in [0.1, 0.15) is 0 Å². The van der Waals surface area contributed by atoms with Crippen molar-refractivity contribution in [2.75, 3.05) is 4.72 Å². The topological polar surface area (TPSA) is 84.2 Å². The van der Waals surface area contributed by atoms with Gasteiger partial charge in [-0.3, -0.25) is 4.72 Å². The molecule has 0 unspecified atom stereocenters. The van der Waals surface area contributed by atoms with Gasteiger partial charge in [0.15, 0.2) is 5.03 Å². The van der Waals surface area contributed by atoms with Gasteiger partial charge < -0.3 is 9.67 Å². The minimum absolute atomic E-state index is 0.0818. The fraction of sp³-hybridized carbons (Fsp3) is 0.308. The fourth-order valence-electron chi connectivity index (χ4n) is 1.72. The van der Waals surface area contributed by atoms with E-state index in [2.05, 4.69) is 9.71 Å². The zero-order valence-corrected chi connectivity index (χ0v) is 13.2. The van der Waals surface area contributed by atoms with Crippen molar-refractivity contribution in [2.45, 2.75) is 31.5 Å². The molecule has 0 saturated heterocycles. The zero-order chi connectivity index (χ0) is 15.6. The maximum absolute atomic E-state index is 12.3. The van der Waals surface area contributed by atoms with Crippen LogP contribution < -0.4 is 4.72 Å². The summed E-state index contributed by atoms with van der Waals surface area (Å²) in [5.74, 6) is 0. The van der Waals surface area contributed by atoms with Gasteiger partial charge in [-0.1, -0.05) is 23.7 Å². The van der Waals surface area contributed by atoms with Gasteiger partial charge in [0.05, 0.1) is 23.6 Å². The number of nitrogens with zero attached hydrogens (tertiary/aromatic N) is 2. The zero-order valence-electron chi connectivity index (χ0n) is 11.6. The first-order valence-electron chi connectivity index (χ1n) is 6.29. The van der Waals surface area contributed by atoms with E-state index in [1.165, 1.54) is 18.6 Å². The van der Waals surface area contributed by atoms with Gasteiger partial charge in [0, 0.05) is 12.2 Å². The Morgan fingerprint density at radius 2 is 2.14 bits per heavy atom. The highest BCUT2D eigenvalue weighted by Crippen LogP contribution is 2.27. The van der Waals surface area contributed by atoms with Crippen molar-refractivity contribution in [3.63, 3.8) is 0 Å². The first-order valence-corrected chi connectivity index (χ1v) is 8.16. The Labute approximate surface area is 128 Å². The Balaban J connectivity index is 2.33. The Hall–Kier alpha value is -1.57. The molecule has 1 aromatic carbocycles. The Bertz CT molecular complexity index is 741. The molecule has 0 amide bonds. The third kappa shape index (κ3) is 3.37. The van der Waals surface area contributed by atoms with Crippen molar-refractivity contribution in [2.24, 2.45) is 0 Å². The standard InChI is InChI=1S/C13H16ClN3O3S/c1-9(2)17-6-12(15-8-17)21(19,20)16-11-5-3-4-10(7-18)13(11)14/h3-6,8-9,16,18H,7H2,1-2H3. The lowest BCUT2D eigenvalue weighted by Crippen LogP contribution is -2.14. The Morgan fingerprint density at radius 1 is 1.43 bits per heavy atom. The molecule has 2 N–H and O–H groups in total. The highest BCUT2D eigenvalue weighted by Gasteiger charge is 2.20. The fourth-order valence-corrected chi connectivity index (χ4v) is 3.02. The Morgan fingerprint density at radius 3 is 2.71 bits per heavy atom. The summed E-state index contributed by atoms with van der Waals surface area (Å²) in [4.78, 5) is 3.90. The molecule has 0 saturated carbocycles. The third-order valence-corrected chi connectivity index (χ3v) is 4.64. The van der Waals surface area contributed by atoms with Crippen molar-refractivity contribution in [3.8, 4) is 0 Å². The molecule has 0 radical (unpaired) electrons. The van der Waals surface area contributed by atoms with Crippen LogP contribution in [-0.4, -0.2) is 23.1 Å². The number of rotatable bonds is 5. The second-order valence-electron chi connectivity index (χ2n) is 4.80. The molecule has 0 fully saturated rings. The molecule has 0 spiro atoms. The monoisotopic (exact) mass is 329 g/mol. The maximum Gasteiger partial charge on any atom is 0.280 e. The summed E-state index contributed by atoms with van der Waals surface area (Å²) in [5.41, 5.74) is 0.659. The van der Waals surface area contributed by atoms with Crippen molar-refractivity contribution in [3.05, 3.63) is 41.3 Å². The predicted octanol–water partition coefficient (Wildman–Crippen LogP) is 2.41. The van der Waals surface area contributed by atoms with Crippen molar-refractivity contribution >= 4 is 27.3 Å². The van der Waals surface area contributed by atoms with E-state index in [9.17, 15) is 8.42 Å². The molecule has 1 aromatic heterocycles. The van der Waals surface area contributed by atoms with Gasteiger partial charge >= 0.3 is 0 Å². The first kappa shape index (κ1) is 15.8. The van der Waals surface area contributed by atoms with Crippen LogP contribution in [0.15, 0.2) is 35.7 Å². The van der Waals surface area contributed by atoms with E-state index in [0.717, 1.165) is 0 Å². The number of benzene rings is 1. The normalized spacial score (nSPS) is 11.9. The van der Waals surface area contributed by atoms with E-state index >= 15 is 0 Å². The van der Waals surface area contributed by atoms with E-state index in [1.807, 2.05) is 13.8 Å². The highest BCUT2D eigenvalue weighted by molar-refractivity contribution is 7.92. The van der Waals surface area contributed by atoms with Crippen LogP contribution in [0, 0.1) is 0 Å². The number of imidazole rings is 1. The summed E-state index contributed by atoms with van der Waals surface area (Å²) in [6, 6.07) is 4.87. The number of aromatic nitrogens is 2. The first-order chi connectivity index (χ1) is 9.85. The van der Waals surface area contributed by atoms with Gasteiger partial charge in [-0.2, -0.15) is 8.42 Å². The van der Waals surface area contributed by atoms with E-state index in [-0.39, 0.29) is 28.4 Å². The van der Waals surface area contributed by atoms with Crippen LogP contribution in [0.3, 0.4) is 0 Å². The molecule has 114 valence electrons. The smallest absolute Gasteiger partial charge is 0.280 e. The molecule has 6 nitrogen and oxygen atoms in total. The van der Waals surface area contributed by atoms with E-state index in [4.69, 9.17) is 16.7 Å². The van der Waals surface area contributed by atoms with Crippen LogP contribution in [0.5, 0.6) is 0 Å². The van der Waals surface area contributed by atoms with Gasteiger partial charge in [0.2, 0.25) is 0 Å². The van der Waals surface area contributed by atoms with Crippen LogP contribution in [-0.2, 0) is 16.6 Å². The highest BCUT2D eigenvalue weighted by atomic mass is 35.5. The molecule has 21 heavy (non-hydrogen) atoms. The van der Waals surface area contributed by atoms with Crippen LogP contribution in [0.2, 0.25) is 5.02 Å². The molecule has 8 heteroatoms. The van der Waals surface area contributed by atoms with Crippen molar-refractivity contribution in [1.82, 2.24) is 9.55 Å². The summed E-state index contributed by atoms with van der Waals surface area (Å²) in [7, 11) is -3.82. The maximum atomic E-state index is 12.3. The van der Waals surface area contributed by atoms with E-state index in [1.54, 1.807) is 16.7 Å². The molecule has 1 heterocycles. The molecule has 0 atom stereocenters. The summed E-state index contributed by atoms with van der Waals surface area (Å²) in [6.07, 6.45) is 2.92. The summed E-state index contributed by atoms with van der Waals surface area (Å²) in [5, 5.41) is 9.24. The SMILES string of the molecule is CC(C)n1cnc(S(=O)(=O)Nc2cccc(CO)c2Cl)c1. The Kier molecular flexibility index (Phi) is 4.55. The minimum Gasteiger partial charge on any atom is -0.392 e. The van der Waals surface area contributed by atoms with E-state index < -0.39 is 10.0 Å². The quantitative estimate of drug-likeness (QED) is 0.882. The van der Waals surface area contributed by atoms with Gasteiger partial charge in [0.25, 0.3) is 10.0 Å². The largest absolute Gasteiger partial charge is 0.392 e. The summed E-state index contributed by atoms with van der Waals surface area (Å²) in [6.45, 7) is 3.58. The average Bonchev–Trinajstić information content (AvgIpc) is 2.91. The number of aliphatic hydroxyl groups excluding tert-OH is 1. The summed E-state index contributed by atoms with van der Waals surface area (Å²) >= 11 is 6.05. The lowest BCUT2D eigenvalue weighted by molar-refractivity contribution is 0.282. The molecule has 0 aliphatic carbocycles. The van der Waals surface area contributed by atoms with Crippen LogP contribution >= 0.6 is 11.6 Å². The molecular formula is C13H16ClN3O3S. The molecule has 2 aromatic rings. The molecular weight excluding hydrogens is 314 g/mol. The minimum atomic E-state index is -3.82. The number of sulfonamides is 1. The van der Waals surface area contributed by atoms with Crippen LogP contribution in [0.1, 0.15) is 25.5 Å². The van der Waals surface area contributed by atoms with Gasteiger partial charge in [-0.15, -0.1) is 0 Å². The van der Waals surface area contributed by atoms with Crippen molar-refractivity contribution in [1.29, 1.82) is 0 Å². The van der Waals surface area contributed by atoms with Crippen LogP contribution in [0.4, 0.5) is 5.69 Å². The lowest BCUT2D eigenvalue weighted by atomic mass is 10.2. The van der Waals surface area contributed by atoms with E-state index in [0.29, 0.717) is 5.56 Å². The number of nitrogens with one attached hydrogen (secondary N) is 1. The number of anilines is 1. The predicted molar refractivity (Wildman–Crippen MR) is 80.8 cm³/mol. The molecule has 0 aliphatic rings. The number of aliphatic hydroxyl groups is 1. The average molecular weight is 330 g/mol.